The van der Waals surface area contributed by atoms with Gasteiger partial charge in [0, 0.05) is 19.8 Å². The molecule has 1 aromatic heterocycles. The van der Waals surface area contributed by atoms with Gasteiger partial charge >= 0.3 is 5.97 Å². The second-order valence-electron chi connectivity index (χ2n) is 4.09. The quantitative estimate of drug-likeness (QED) is 0.735. The van der Waals surface area contributed by atoms with E-state index >= 15 is 0 Å². The number of carboxylic acid groups (broad SMARTS) is 1. The molecule has 1 aromatic rings. The van der Waals surface area contributed by atoms with Gasteiger partial charge in [-0.1, -0.05) is 0 Å². The van der Waals surface area contributed by atoms with Gasteiger partial charge in [-0.15, -0.1) is 0 Å². The van der Waals surface area contributed by atoms with Crippen LogP contribution in [0.15, 0.2) is 17.2 Å². The van der Waals surface area contributed by atoms with Gasteiger partial charge in [-0.2, -0.15) is 0 Å². The van der Waals surface area contributed by atoms with Crippen molar-refractivity contribution in [1.82, 2.24) is 14.2 Å². The zero-order valence-electron chi connectivity index (χ0n) is 11.5. The number of nitrogens with one attached hydrogen (secondary N) is 1. The third-order valence-electron chi connectivity index (χ3n) is 2.77. The molecular weight excluding hydrogens is 286 g/mol. The number of aromatic nitrogens is 1. The molecule has 0 saturated carbocycles. The largest absolute Gasteiger partial charge is 0.480 e. The van der Waals surface area contributed by atoms with E-state index in [0.717, 1.165) is 4.90 Å². The van der Waals surface area contributed by atoms with E-state index in [9.17, 15) is 18.0 Å². The Morgan fingerprint density at radius 1 is 1.45 bits per heavy atom. The molecule has 2 N–H and O–H groups in total. The minimum Gasteiger partial charge on any atom is -0.480 e. The Kier molecular flexibility index (Phi) is 4.90. The molecule has 0 unspecified atom stereocenters. The van der Waals surface area contributed by atoms with Crippen molar-refractivity contribution >= 4 is 21.9 Å². The van der Waals surface area contributed by atoms with E-state index in [0.29, 0.717) is 0 Å². The Balaban J connectivity index is 3.14. The highest BCUT2D eigenvalue weighted by Gasteiger charge is 2.23. The van der Waals surface area contributed by atoms with Crippen molar-refractivity contribution in [2.75, 3.05) is 20.1 Å². The predicted molar refractivity (Wildman–Crippen MR) is 70.9 cm³/mol. The number of amides is 1. The lowest BCUT2D eigenvalue weighted by molar-refractivity contribution is -0.137. The standard InChI is InChI=1S/C11H17N3O5S/c1-4-14(7-10(15)16)11(17)9-5-8(6-13(9)3)20(18,19)12-2/h5-6,12H,4,7H2,1-3H3,(H,15,16). The molecule has 1 rings (SSSR count). The molecule has 0 aliphatic heterocycles. The fourth-order valence-electron chi connectivity index (χ4n) is 1.66. The molecule has 0 aliphatic carbocycles. The van der Waals surface area contributed by atoms with Crippen LogP contribution < -0.4 is 4.72 Å². The van der Waals surface area contributed by atoms with Crippen molar-refractivity contribution in [3.05, 3.63) is 18.0 Å². The van der Waals surface area contributed by atoms with E-state index in [-0.39, 0.29) is 17.1 Å². The van der Waals surface area contributed by atoms with Gasteiger partial charge in [0.25, 0.3) is 5.91 Å². The first-order valence-electron chi connectivity index (χ1n) is 5.84. The topological polar surface area (TPSA) is 109 Å². The third-order valence-corrected chi connectivity index (χ3v) is 4.15. The van der Waals surface area contributed by atoms with Crippen molar-refractivity contribution in [2.45, 2.75) is 11.8 Å². The minimum absolute atomic E-state index is 0.0442. The molecule has 0 radical (unpaired) electrons. The Morgan fingerprint density at radius 2 is 2.05 bits per heavy atom. The van der Waals surface area contributed by atoms with Gasteiger partial charge in [0.05, 0.1) is 0 Å². The van der Waals surface area contributed by atoms with E-state index in [1.807, 2.05) is 0 Å². The highest BCUT2D eigenvalue weighted by molar-refractivity contribution is 7.89. The van der Waals surface area contributed by atoms with E-state index in [4.69, 9.17) is 5.11 Å². The van der Waals surface area contributed by atoms with Crippen molar-refractivity contribution in [2.24, 2.45) is 7.05 Å². The first kappa shape index (κ1) is 16.2. The van der Waals surface area contributed by atoms with Crippen LogP contribution in [0.1, 0.15) is 17.4 Å². The molecular formula is C11H17N3O5S. The lowest BCUT2D eigenvalue weighted by Crippen LogP contribution is -2.36. The number of sulfonamides is 1. The highest BCUT2D eigenvalue weighted by Crippen LogP contribution is 2.14. The average molecular weight is 303 g/mol. The van der Waals surface area contributed by atoms with Gasteiger partial charge < -0.3 is 14.6 Å². The SMILES string of the molecule is CCN(CC(=O)O)C(=O)c1cc(S(=O)(=O)NC)cn1C. The number of hydrogen-bond acceptors (Lipinski definition) is 4. The van der Waals surface area contributed by atoms with E-state index in [1.54, 1.807) is 6.92 Å². The summed E-state index contributed by atoms with van der Waals surface area (Å²) >= 11 is 0. The molecule has 0 aromatic carbocycles. The second kappa shape index (κ2) is 6.06. The summed E-state index contributed by atoms with van der Waals surface area (Å²) < 4.78 is 26.8. The van der Waals surface area contributed by atoms with Gasteiger partial charge in [0.2, 0.25) is 10.0 Å². The van der Waals surface area contributed by atoms with Crippen LogP contribution in [0.25, 0.3) is 0 Å². The Morgan fingerprint density at radius 3 is 2.50 bits per heavy atom. The summed E-state index contributed by atoms with van der Waals surface area (Å²) in [5, 5.41) is 8.75. The van der Waals surface area contributed by atoms with E-state index in [1.165, 1.54) is 30.9 Å². The maximum atomic E-state index is 12.2. The summed E-state index contributed by atoms with van der Waals surface area (Å²) in [4.78, 5) is 24.0. The number of carboxylic acids is 1. The van der Waals surface area contributed by atoms with Crippen LogP contribution in [-0.4, -0.2) is 55.0 Å². The number of aliphatic carboxylic acids is 1. The van der Waals surface area contributed by atoms with Crippen LogP contribution >= 0.6 is 0 Å². The Bertz CT molecular complexity index is 620. The first-order valence-corrected chi connectivity index (χ1v) is 7.32. The molecule has 0 fully saturated rings. The van der Waals surface area contributed by atoms with Gasteiger partial charge in [0.15, 0.2) is 0 Å². The highest BCUT2D eigenvalue weighted by atomic mass is 32.2. The summed E-state index contributed by atoms with van der Waals surface area (Å²) in [6.45, 7) is 1.42. The molecule has 0 saturated heterocycles. The summed E-state index contributed by atoms with van der Waals surface area (Å²) in [6, 6.07) is 1.22. The molecule has 0 atom stereocenters. The lowest BCUT2D eigenvalue weighted by atomic mass is 10.3. The van der Waals surface area contributed by atoms with Crippen molar-refractivity contribution in [3.8, 4) is 0 Å². The number of hydrogen-bond donors (Lipinski definition) is 2. The Hall–Kier alpha value is -1.87. The maximum Gasteiger partial charge on any atom is 0.323 e. The molecule has 0 bridgehead atoms. The third kappa shape index (κ3) is 3.36. The van der Waals surface area contributed by atoms with Crippen LogP contribution in [0.4, 0.5) is 0 Å². The summed E-state index contributed by atoms with van der Waals surface area (Å²) in [5.74, 6) is -1.66. The molecule has 9 heteroatoms. The zero-order valence-corrected chi connectivity index (χ0v) is 12.3. The monoisotopic (exact) mass is 303 g/mol. The van der Waals surface area contributed by atoms with Crippen LogP contribution in [0, 0.1) is 0 Å². The number of nitrogens with zero attached hydrogens (tertiary/aromatic N) is 2. The molecule has 0 aliphatic rings. The number of carbonyl (C=O) groups excluding carboxylic acids is 1. The average Bonchev–Trinajstić information content (AvgIpc) is 2.77. The van der Waals surface area contributed by atoms with Crippen LogP contribution in [0.5, 0.6) is 0 Å². The normalized spacial score (nSPS) is 11.3. The molecule has 1 heterocycles. The zero-order chi connectivity index (χ0) is 15.5. The number of rotatable bonds is 6. The van der Waals surface area contributed by atoms with Gasteiger partial charge in [-0.05, 0) is 20.0 Å². The van der Waals surface area contributed by atoms with Crippen molar-refractivity contribution in [3.63, 3.8) is 0 Å². The second-order valence-corrected chi connectivity index (χ2v) is 5.98. The number of carbonyl (C=O) groups is 2. The maximum absolute atomic E-state index is 12.2. The fraction of sp³-hybridized carbons (Fsp3) is 0.455. The van der Waals surface area contributed by atoms with Gasteiger partial charge in [0.1, 0.15) is 17.1 Å². The molecule has 112 valence electrons. The first-order chi connectivity index (χ1) is 9.22. The molecule has 0 spiro atoms. The summed E-state index contributed by atoms with van der Waals surface area (Å²) in [6.07, 6.45) is 1.30. The van der Waals surface area contributed by atoms with Gasteiger partial charge in [-0.25, -0.2) is 13.1 Å². The van der Waals surface area contributed by atoms with E-state index in [2.05, 4.69) is 4.72 Å². The smallest absolute Gasteiger partial charge is 0.323 e. The molecule has 1 amide bonds. The molecule has 8 nitrogen and oxygen atoms in total. The van der Waals surface area contributed by atoms with Gasteiger partial charge in [-0.3, -0.25) is 9.59 Å². The molecule has 20 heavy (non-hydrogen) atoms. The number of likely N-dealkylation sites (N-methyl/N-ethyl adjacent to an activating group) is 1. The fourth-order valence-corrected chi connectivity index (χ4v) is 2.46. The predicted octanol–water partition coefficient (Wildman–Crippen LogP) is -0.520. The number of aryl methyl sites for hydroxylation is 1. The minimum atomic E-state index is -3.65. The van der Waals surface area contributed by atoms with Crippen LogP contribution in [-0.2, 0) is 21.9 Å². The Labute approximate surface area is 117 Å². The lowest BCUT2D eigenvalue weighted by Gasteiger charge is -2.18. The van der Waals surface area contributed by atoms with Crippen molar-refractivity contribution in [1.29, 1.82) is 0 Å². The van der Waals surface area contributed by atoms with Crippen molar-refractivity contribution < 1.29 is 23.1 Å². The summed E-state index contributed by atoms with van der Waals surface area (Å²) in [5.41, 5.74) is 0.113. The summed E-state index contributed by atoms with van der Waals surface area (Å²) in [7, 11) is -0.852. The van der Waals surface area contributed by atoms with Crippen LogP contribution in [0.3, 0.4) is 0 Å². The van der Waals surface area contributed by atoms with Crippen LogP contribution in [0.2, 0.25) is 0 Å². The van der Waals surface area contributed by atoms with E-state index < -0.39 is 28.4 Å².